The van der Waals surface area contributed by atoms with Crippen LogP contribution in [0.5, 0.6) is 5.75 Å². The summed E-state index contributed by atoms with van der Waals surface area (Å²) < 4.78 is 11.1. The first-order valence-electron chi connectivity index (χ1n) is 8.67. The Labute approximate surface area is 172 Å². The number of carbonyl (C=O) groups excluding carboxylic acids is 1. The molecule has 7 heteroatoms. The number of hydrazone groups is 1. The molecule has 1 aliphatic heterocycles. The molecule has 1 aromatic heterocycles. The van der Waals surface area contributed by atoms with Crippen molar-refractivity contribution >= 4 is 34.8 Å². The lowest BCUT2D eigenvalue weighted by molar-refractivity contribution is -0.135. The zero-order chi connectivity index (χ0) is 19.5. The number of rotatable bonds is 5. The van der Waals surface area contributed by atoms with Gasteiger partial charge in [-0.3, -0.25) is 4.79 Å². The molecule has 5 nitrogen and oxygen atoms in total. The molecule has 0 aliphatic carbocycles. The van der Waals surface area contributed by atoms with Crippen molar-refractivity contribution in [2.75, 3.05) is 6.61 Å². The lowest BCUT2D eigenvalue weighted by Gasteiger charge is -2.20. The fourth-order valence-electron chi connectivity index (χ4n) is 3.03. The molecule has 28 heavy (non-hydrogen) atoms. The second-order valence-electron chi connectivity index (χ2n) is 6.27. The lowest BCUT2D eigenvalue weighted by Crippen LogP contribution is -2.31. The number of amides is 1. The highest BCUT2D eigenvalue weighted by Crippen LogP contribution is 2.33. The Balaban J connectivity index is 1.55. The van der Waals surface area contributed by atoms with Gasteiger partial charge in [-0.05, 0) is 48.0 Å². The predicted octanol–water partition coefficient (Wildman–Crippen LogP) is 5.34. The van der Waals surface area contributed by atoms with E-state index < -0.39 is 0 Å². The molecule has 0 radical (unpaired) electrons. The molecule has 2 aromatic carbocycles. The Morgan fingerprint density at radius 3 is 2.64 bits per heavy atom. The van der Waals surface area contributed by atoms with Crippen molar-refractivity contribution in [2.24, 2.45) is 5.10 Å². The molecule has 0 saturated heterocycles. The number of furan rings is 1. The Morgan fingerprint density at radius 1 is 1.11 bits per heavy atom. The predicted molar refractivity (Wildman–Crippen MR) is 108 cm³/mol. The third-order valence-corrected chi connectivity index (χ3v) is 4.86. The summed E-state index contributed by atoms with van der Waals surface area (Å²) in [4.78, 5) is 12.8. The quantitative estimate of drug-likeness (QED) is 0.565. The molecule has 2 heterocycles. The summed E-state index contributed by atoms with van der Waals surface area (Å²) in [5.41, 5.74) is 1.70. The molecule has 3 aromatic rings. The average molecular weight is 415 g/mol. The largest absolute Gasteiger partial charge is 0.484 e. The molecule has 0 unspecified atom stereocenters. The van der Waals surface area contributed by atoms with Crippen LogP contribution < -0.4 is 4.74 Å². The SMILES string of the molecule is O=C(COc1cccc(Cl)c1)N1N=C(c2ccc(Cl)cc2)C[C@@H]1c1ccco1. The molecule has 1 amide bonds. The fourth-order valence-corrected chi connectivity index (χ4v) is 3.33. The van der Waals surface area contributed by atoms with Crippen LogP contribution in [0.1, 0.15) is 23.8 Å². The van der Waals surface area contributed by atoms with Crippen LogP contribution in [0.2, 0.25) is 10.0 Å². The highest BCUT2D eigenvalue weighted by Gasteiger charge is 2.35. The molecule has 0 fully saturated rings. The van der Waals surface area contributed by atoms with E-state index in [2.05, 4.69) is 5.10 Å². The van der Waals surface area contributed by atoms with Gasteiger partial charge < -0.3 is 9.15 Å². The molecule has 1 aliphatic rings. The Morgan fingerprint density at radius 2 is 1.93 bits per heavy atom. The molecule has 0 bridgehead atoms. The Kier molecular flexibility index (Phi) is 5.37. The number of nitrogens with zero attached hydrogens (tertiary/aromatic N) is 2. The summed E-state index contributed by atoms with van der Waals surface area (Å²) in [6.07, 6.45) is 2.12. The van der Waals surface area contributed by atoms with Crippen LogP contribution in [-0.4, -0.2) is 23.2 Å². The minimum Gasteiger partial charge on any atom is -0.484 e. The van der Waals surface area contributed by atoms with Crippen molar-refractivity contribution in [1.82, 2.24) is 5.01 Å². The third kappa shape index (κ3) is 4.06. The normalized spacial score (nSPS) is 16.1. The lowest BCUT2D eigenvalue weighted by atomic mass is 10.0. The summed E-state index contributed by atoms with van der Waals surface area (Å²) in [6, 6.07) is 17.6. The Hall–Kier alpha value is -2.76. The zero-order valence-corrected chi connectivity index (χ0v) is 16.2. The van der Waals surface area contributed by atoms with Gasteiger partial charge in [0.25, 0.3) is 5.91 Å². The average Bonchev–Trinajstić information content (AvgIpc) is 3.36. The molecular formula is C21H16Cl2N2O3. The number of benzene rings is 2. The van der Waals surface area contributed by atoms with Crippen LogP contribution in [0.4, 0.5) is 0 Å². The van der Waals surface area contributed by atoms with Crippen LogP contribution in [-0.2, 0) is 4.79 Å². The molecule has 0 N–H and O–H groups in total. The van der Waals surface area contributed by atoms with Crippen molar-refractivity contribution in [1.29, 1.82) is 0 Å². The van der Waals surface area contributed by atoms with Gasteiger partial charge in [-0.1, -0.05) is 41.4 Å². The van der Waals surface area contributed by atoms with E-state index in [0.29, 0.717) is 28.0 Å². The number of carbonyl (C=O) groups is 1. The van der Waals surface area contributed by atoms with Gasteiger partial charge in [0.2, 0.25) is 0 Å². The minimum absolute atomic E-state index is 0.158. The van der Waals surface area contributed by atoms with Crippen LogP contribution in [0.15, 0.2) is 76.4 Å². The maximum Gasteiger partial charge on any atom is 0.281 e. The smallest absolute Gasteiger partial charge is 0.281 e. The monoisotopic (exact) mass is 414 g/mol. The van der Waals surface area contributed by atoms with Gasteiger partial charge in [0.1, 0.15) is 17.6 Å². The molecule has 0 spiro atoms. The van der Waals surface area contributed by atoms with Crippen molar-refractivity contribution in [3.05, 3.63) is 88.3 Å². The first-order chi connectivity index (χ1) is 13.6. The van der Waals surface area contributed by atoms with Gasteiger partial charge >= 0.3 is 0 Å². The minimum atomic E-state index is -0.323. The summed E-state index contributed by atoms with van der Waals surface area (Å²) in [7, 11) is 0. The van der Waals surface area contributed by atoms with E-state index >= 15 is 0 Å². The number of ether oxygens (including phenoxy) is 1. The van der Waals surface area contributed by atoms with Gasteiger partial charge in [0.15, 0.2) is 6.61 Å². The first-order valence-corrected chi connectivity index (χ1v) is 9.43. The van der Waals surface area contributed by atoms with Gasteiger partial charge in [0.05, 0.1) is 12.0 Å². The van der Waals surface area contributed by atoms with Crippen LogP contribution in [0.3, 0.4) is 0 Å². The molecule has 142 valence electrons. The summed E-state index contributed by atoms with van der Waals surface area (Å²) in [5, 5.41) is 7.16. The van der Waals surface area contributed by atoms with Crippen molar-refractivity contribution in [3.8, 4) is 5.75 Å². The van der Waals surface area contributed by atoms with E-state index in [1.807, 2.05) is 18.2 Å². The van der Waals surface area contributed by atoms with Gasteiger partial charge in [-0.15, -0.1) is 0 Å². The molecule has 0 saturated carbocycles. The fraction of sp³-hybridized carbons (Fsp3) is 0.143. The van der Waals surface area contributed by atoms with E-state index in [0.717, 1.165) is 11.3 Å². The van der Waals surface area contributed by atoms with E-state index in [-0.39, 0.29) is 18.6 Å². The highest BCUT2D eigenvalue weighted by molar-refractivity contribution is 6.31. The van der Waals surface area contributed by atoms with Gasteiger partial charge in [-0.25, -0.2) is 5.01 Å². The van der Waals surface area contributed by atoms with E-state index in [1.165, 1.54) is 5.01 Å². The van der Waals surface area contributed by atoms with Crippen LogP contribution >= 0.6 is 23.2 Å². The summed E-state index contributed by atoms with van der Waals surface area (Å²) >= 11 is 11.9. The molecule has 1 atom stereocenters. The number of hydrogen-bond acceptors (Lipinski definition) is 4. The maximum atomic E-state index is 12.8. The second kappa shape index (κ2) is 8.09. The zero-order valence-electron chi connectivity index (χ0n) is 14.7. The van der Waals surface area contributed by atoms with Crippen molar-refractivity contribution < 1.29 is 13.9 Å². The third-order valence-electron chi connectivity index (χ3n) is 4.37. The number of hydrogen-bond donors (Lipinski definition) is 0. The van der Waals surface area contributed by atoms with E-state index in [1.54, 1.807) is 48.7 Å². The van der Waals surface area contributed by atoms with Gasteiger partial charge in [-0.2, -0.15) is 5.10 Å². The first kappa shape index (κ1) is 18.6. The van der Waals surface area contributed by atoms with Crippen LogP contribution in [0.25, 0.3) is 0 Å². The van der Waals surface area contributed by atoms with Crippen molar-refractivity contribution in [3.63, 3.8) is 0 Å². The summed E-state index contributed by atoms with van der Waals surface area (Å²) in [6.45, 7) is -0.158. The Bertz CT molecular complexity index is 1000. The van der Waals surface area contributed by atoms with E-state index in [9.17, 15) is 4.79 Å². The van der Waals surface area contributed by atoms with Gasteiger partial charge in [0, 0.05) is 16.5 Å². The maximum absolute atomic E-state index is 12.8. The molecule has 4 rings (SSSR count). The molecular weight excluding hydrogens is 399 g/mol. The van der Waals surface area contributed by atoms with E-state index in [4.69, 9.17) is 32.4 Å². The standard InChI is InChI=1S/C21H16Cl2N2O3/c22-15-8-6-14(7-9-15)18-12-19(20-5-2-10-27-20)25(24-18)21(26)13-28-17-4-1-3-16(23)11-17/h1-11,19H,12-13H2/t19-/m1/s1. The number of halogens is 2. The second-order valence-corrected chi connectivity index (χ2v) is 7.15. The highest BCUT2D eigenvalue weighted by atomic mass is 35.5. The summed E-state index contributed by atoms with van der Waals surface area (Å²) in [5.74, 6) is 0.922. The van der Waals surface area contributed by atoms with Crippen LogP contribution in [0, 0.1) is 0 Å². The van der Waals surface area contributed by atoms with Crippen molar-refractivity contribution in [2.45, 2.75) is 12.5 Å². The topological polar surface area (TPSA) is 55.0 Å².